The van der Waals surface area contributed by atoms with Gasteiger partial charge in [-0.3, -0.25) is 14.8 Å². The van der Waals surface area contributed by atoms with E-state index in [0.29, 0.717) is 24.8 Å². The molecule has 0 spiro atoms. The maximum Gasteiger partial charge on any atom is 0.272 e. The van der Waals surface area contributed by atoms with Gasteiger partial charge in [-0.15, -0.1) is 0 Å². The van der Waals surface area contributed by atoms with E-state index in [9.17, 15) is 4.79 Å². The second-order valence-electron chi connectivity index (χ2n) is 6.92. The average molecular weight is 341 g/mol. The number of fused-ring (bicyclic) bond motifs is 1. The quantitative estimate of drug-likeness (QED) is 0.749. The smallest absolute Gasteiger partial charge is 0.272 e. The zero-order valence-corrected chi connectivity index (χ0v) is 15.2. The summed E-state index contributed by atoms with van der Waals surface area (Å²) in [4.78, 5) is 14.8. The molecule has 1 amide bonds. The summed E-state index contributed by atoms with van der Waals surface area (Å²) in [5.74, 6) is -0.117. The Bertz CT molecular complexity index is 737. The van der Waals surface area contributed by atoms with Crippen molar-refractivity contribution in [2.24, 2.45) is 0 Å². The van der Waals surface area contributed by atoms with Crippen LogP contribution < -0.4 is 10.6 Å². The predicted molar refractivity (Wildman–Crippen MR) is 98.2 cm³/mol. The van der Waals surface area contributed by atoms with Gasteiger partial charge in [-0.1, -0.05) is 24.3 Å². The first kappa shape index (κ1) is 17.6. The number of rotatable bonds is 6. The minimum absolute atomic E-state index is 0.117. The Balaban J connectivity index is 1.67. The standard InChI is InChI=1S/C19H27N5O/c1-13(2)24(3)12-15-7-5-4-6-14(15)10-21-19(25)18-16-11-20-9-8-17(16)22-23-18/h4-7,13,20H,8-12H2,1-3H3,(H,21,25)(H,22,23). The number of hydrogen-bond acceptors (Lipinski definition) is 4. The van der Waals surface area contributed by atoms with Gasteiger partial charge in [0.2, 0.25) is 0 Å². The van der Waals surface area contributed by atoms with Crippen LogP contribution in [-0.4, -0.2) is 40.6 Å². The van der Waals surface area contributed by atoms with Crippen molar-refractivity contribution in [1.29, 1.82) is 0 Å². The number of hydrogen-bond donors (Lipinski definition) is 3. The summed E-state index contributed by atoms with van der Waals surface area (Å²) < 4.78 is 0. The van der Waals surface area contributed by atoms with Gasteiger partial charge >= 0.3 is 0 Å². The average Bonchev–Trinajstić information content (AvgIpc) is 3.04. The Morgan fingerprint density at radius 1 is 1.32 bits per heavy atom. The van der Waals surface area contributed by atoms with Crippen LogP contribution in [0.25, 0.3) is 0 Å². The van der Waals surface area contributed by atoms with E-state index in [-0.39, 0.29) is 5.91 Å². The van der Waals surface area contributed by atoms with Crippen LogP contribution in [-0.2, 0) is 26.1 Å². The number of benzene rings is 1. The highest BCUT2D eigenvalue weighted by Gasteiger charge is 2.21. The van der Waals surface area contributed by atoms with Crippen LogP contribution in [0.3, 0.4) is 0 Å². The van der Waals surface area contributed by atoms with Crippen molar-refractivity contribution < 1.29 is 4.79 Å². The van der Waals surface area contributed by atoms with Crippen LogP contribution >= 0.6 is 0 Å². The molecule has 0 unspecified atom stereocenters. The largest absolute Gasteiger partial charge is 0.347 e. The fourth-order valence-electron chi connectivity index (χ4n) is 3.01. The van der Waals surface area contributed by atoms with Crippen molar-refractivity contribution in [3.8, 4) is 0 Å². The van der Waals surface area contributed by atoms with Crippen molar-refractivity contribution in [2.75, 3.05) is 13.6 Å². The zero-order chi connectivity index (χ0) is 17.8. The number of nitrogens with zero attached hydrogens (tertiary/aromatic N) is 2. The summed E-state index contributed by atoms with van der Waals surface area (Å²) in [6, 6.07) is 8.74. The lowest BCUT2D eigenvalue weighted by Crippen LogP contribution is -2.29. The summed E-state index contributed by atoms with van der Waals surface area (Å²) in [5, 5.41) is 13.5. The van der Waals surface area contributed by atoms with Crippen LogP contribution in [0.4, 0.5) is 0 Å². The minimum atomic E-state index is -0.117. The van der Waals surface area contributed by atoms with Gasteiger partial charge in [-0.05, 0) is 32.0 Å². The first-order chi connectivity index (χ1) is 12.1. The molecule has 1 aliphatic rings. The Morgan fingerprint density at radius 3 is 2.84 bits per heavy atom. The van der Waals surface area contributed by atoms with Crippen LogP contribution in [0.5, 0.6) is 0 Å². The Kier molecular flexibility index (Phi) is 5.50. The van der Waals surface area contributed by atoms with Gasteiger partial charge in [0.25, 0.3) is 5.91 Å². The second-order valence-corrected chi connectivity index (χ2v) is 6.92. The van der Waals surface area contributed by atoms with E-state index in [4.69, 9.17) is 0 Å². The van der Waals surface area contributed by atoms with Gasteiger partial charge in [0.15, 0.2) is 5.69 Å². The van der Waals surface area contributed by atoms with Crippen molar-refractivity contribution in [2.45, 2.75) is 45.9 Å². The molecule has 6 nitrogen and oxygen atoms in total. The molecule has 2 heterocycles. The number of carbonyl (C=O) groups is 1. The lowest BCUT2D eigenvalue weighted by atomic mass is 10.1. The molecule has 3 rings (SSSR count). The molecule has 0 fully saturated rings. The molecule has 134 valence electrons. The number of H-pyrrole nitrogens is 1. The molecule has 0 atom stereocenters. The molecule has 0 bridgehead atoms. The molecule has 1 aromatic carbocycles. The third-order valence-electron chi connectivity index (χ3n) is 4.88. The van der Waals surface area contributed by atoms with E-state index < -0.39 is 0 Å². The van der Waals surface area contributed by atoms with E-state index in [0.717, 1.165) is 36.3 Å². The summed E-state index contributed by atoms with van der Waals surface area (Å²) in [6.07, 6.45) is 0.889. The minimum Gasteiger partial charge on any atom is -0.347 e. The van der Waals surface area contributed by atoms with Crippen LogP contribution in [0.1, 0.15) is 46.7 Å². The third kappa shape index (κ3) is 4.08. The number of amides is 1. The van der Waals surface area contributed by atoms with E-state index in [1.807, 2.05) is 12.1 Å². The topological polar surface area (TPSA) is 73.0 Å². The molecular formula is C19H27N5O. The molecule has 25 heavy (non-hydrogen) atoms. The Hall–Kier alpha value is -2.18. The van der Waals surface area contributed by atoms with Gasteiger partial charge in [-0.25, -0.2) is 0 Å². The highest BCUT2D eigenvalue weighted by atomic mass is 16.1. The van der Waals surface area contributed by atoms with Gasteiger partial charge in [0, 0.05) is 49.9 Å². The number of nitrogens with one attached hydrogen (secondary N) is 3. The third-order valence-corrected chi connectivity index (χ3v) is 4.88. The molecule has 3 N–H and O–H groups in total. The van der Waals surface area contributed by atoms with E-state index in [1.165, 1.54) is 5.56 Å². The SMILES string of the molecule is CC(C)N(C)Cc1ccccc1CNC(=O)c1n[nH]c2c1CNCC2. The van der Waals surface area contributed by atoms with Crippen LogP contribution in [0.2, 0.25) is 0 Å². The molecule has 0 saturated carbocycles. The summed E-state index contributed by atoms with van der Waals surface area (Å²) in [5.41, 5.74) is 4.97. The molecule has 6 heteroatoms. The maximum absolute atomic E-state index is 12.6. The fraction of sp³-hybridized carbons (Fsp3) is 0.474. The van der Waals surface area contributed by atoms with Gasteiger partial charge in [-0.2, -0.15) is 5.10 Å². The molecule has 0 aliphatic carbocycles. The molecule has 1 aromatic heterocycles. The number of carbonyl (C=O) groups excluding carboxylic acids is 1. The maximum atomic E-state index is 12.6. The first-order valence-electron chi connectivity index (χ1n) is 8.88. The Labute approximate surface area is 149 Å². The van der Waals surface area contributed by atoms with E-state index >= 15 is 0 Å². The second kappa shape index (κ2) is 7.80. The Morgan fingerprint density at radius 2 is 2.08 bits per heavy atom. The number of aromatic amines is 1. The van der Waals surface area contributed by atoms with Crippen LogP contribution in [0, 0.1) is 0 Å². The van der Waals surface area contributed by atoms with Crippen molar-refractivity contribution in [1.82, 2.24) is 25.7 Å². The van der Waals surface area contributed by atoms with E-state index in [2.05, 4.69) is 58.8 Å². The highest BCUT2D eigenvalue weighted by molar-refractivity contribution is 5.94. The normalized spacial score (nSPS) is 14.0. The lowest BCUT2D eigenvalue weighted by molar-refractivity contribution is 0.0944. The molecule has 2 aromatic rings. The monoisotopic (exact) mass is 341 g/mol. The van der Waals surface area contributed by atoms with E-state index in [1.54, 1.807) is 0 Å². The fourth-order valence-corrected chi connectivity index (χ4v) is 3.01. The van der Waals surface area contributed by atoms with Crippen molar-refractivity contribution >= 4 is 5.91 Å². The molecule has 0 saturated heterocycles. The molecule has 1 aliphatic heterocycles. The van der Waals surface area contributed by atoms with Gasteiger partial charge < -0.3 is 10.6 Å². The lowest BCUT2D eigenvalue weighted by Gasteiger charge is -2.22. The summed E-state index contributed by atoms with van der Waals surface area (Å²) >= 11 is 0. The number of aromatic nitrogens is 2. The predicted octanol–water partition coefficient (Wildman–Crippen LogP) is 1.83. The summed E-state index contributed by atoms with van der Waals surface area (Å²) in [7, 11) is 2.11. The van der Waals surface area contributed by atoms with Crippen LogP contribution in [0.15, 0.2) is 24.3 Å². The summed E-state index contributed by atoms with van der Waals surface area (Å²) in [6.45, 7) is 7.36. The van der Waals surface area contributed by atoms with Crippen molar-refractivity contribution in [3.05, 3.63) is 52.3 Å². The first-order valence-corrected chi connectivity index (χ1v) is 8.88. The zero-order valence-electron chi connectivity index (χ0n) is 15.2. The molecular weight excluding hydrogens is 314 g/mol. The molecule has 0 radical (unpaired) electrons. The van der Waals surface area contributed by atoms with Gasteiger partial charge in [0.05, 0.1) is 0 Å². The van der Waals surface area contributed by atoms with Gasteiger partial charge in [0.1, 0.15) is 0 Å². The highest BCUT2D eigenvalue weighted by Crippen LogP contribution is 2.16. The van der Waals surface area contributed by atoms with Crippen molar-refractivity contribution in [3.63, 3.8) is 0 Å².